The van der Waals surface area contributed by atoms with E-state index in [1.807, 2.05) is 0 Å². The van der Waals surface area contributed by atoms with E-state index in [1.165, 1.54) is 12.1 Å². The van der Waals surface area contributed by atoms with Crippen LogP contribution in [0.5, 0.6) is 5.75 Å². The highest BCUT2D eigenvalue weighted by Gasteiger charge is 2.09. The van der Waals surface area contributed by atoms with Crippen LogP contribution in [-0.4, -0.2) is 10.0 Å². The van der Waals surface area contributed by atoms with Gasteiger partial charge in [0, 0.05) is 16.6 Å². The molecule has 0 atom stereocenters. The van der Waals surface area contributed by atoms with Crippen molar-refractivity contribution in [3.05, 3.63) is 57.1 Å². The molecule has 0 aromatic heterocycles. The van der Waals surface area contributed by atoms with Gasteiger partial charge in [0.15, 0.2) is 0 Å². The van der Waals surface area contributed by atoms with E-state index in [1.54, 1.807) is 24.3 Å². The summed E-state index contributed by atoms with van der Waals surface area (Å²) in [4.78, 5) is 10.1. The smallest absolute Gasteiger partial charge is 0.271 e. The molecule has 6 nitrogen and oxygen atoms in total. The molecule has 0 aliphatic heterocycles. The zero-order valence-corrected chi connectivity index (χ0v) is 11.1. The Morgan fingerprint density at radius 2 is 1.79 bits per heavy atom. The summed E-state index contributed by atoms with van der Waals surface area (Å²) >= 11 is 3.29. The van der Waals surface area contributed by atoms with Gasteiger partial charge in [0.1, 0.15) is 11.4 Å². The third-order valence-electron chi connectivity index (χ3n) is 2.27. The Kier molecular flexibility index (Phi) is 3.86. The van der Waals surface area contributed by atoms with Gasteiger partial charge in [-0.2, -0.15) is 5.11 Å². The molecular formula is C12H8BrN3O3. The topological polar surface area (TPSA) is 88.1 Å². The minimum Gasteiger partial charge on any atom is -0.506 e. The molecule has 2 rings (SSSR count). The van der Waals surface area contributed by atoms with Crippen LogP contribution in [0.2, 0.25) is 0 Å². The maximum absolute atomic E-state index is 10.6. The van der Waals surface area contributed by atoms with Crippen LogP contribution in [0.15, 0.2) is 57.2 Å². The number of halogens is 1. The van der Waals surface area contributed by atoms with Gasteiger partial charge in [0.2, 0.25) is 0 Å². The Bertz CT molecular complexity index is 641. The van der Waals surface area contributed by atoms with Gasteiger partial charge >= 0.3 is 0 Å². The summed E-state index contributed by atoms with van der Waals surface area (Å²) in [5, 5.41) is 27.9. The monoisotopic (exact) mass is 321 g/mol. The fourth-order valence-corrected chi connectivity index (χ4v) is 1.59. The van der Waals surface area contributed by atoms with Crippen molar-refractivity contribution in [3.8, 4) is 5.75 Å². The van der Waals surface area contributed by atoms with E-state index in [4.69, 9.17) is 0 Å². The van der Waals surface area contributed by atoms with E-state index in [-0.39, 0.29) is 17.1 Å². The number of non-ortho nitro benzene ring substituents is 1. The van der Waals surface area contributed by atoms with Crippen LogP contribution in [0.3, 0.4) is 0 Å². The SMILES string of the molecule is O=[N+]([O-])c1ccc(O)c(N=Nc2ccc(Br)cc2)c1. The number of azo groups is 1. The number of rotatable bonds is 3. The summed E-state index contributed by atoms with van der Waals surface area (Å²) in [7, 11) is 0. The second-order valence-corrected chi connectivity index (χ2v) is 4.52. The normalized spacial score (nSPS) is 10.8. The van der Waals surface area contributed by atoms with Crippen molar-refractivity contribution in [3.63, 3.8) is 0 Å². The molecule has 0 spiro atoms. The Balaban J connectivity index is 2.29. The van der Waals surface area contributed by atoms with Gasteiger partial charge in [-0.25, -0.2) is 0 Å². The highest BCUT2D eigenvalue weighted by atomic mass is 79.9. The highest BCUT2D eigenvalue weighted by molar-refractivity contribution is 9.10. The Morgan fingerprint density at radius 3 is 2.42 bits per heavy atom. The molecule has 0 aliphatic rings. The summed E-state index contributed by atoms with van der Waals surface area (Å²) in [6.45, 7) is 0. The predicted molar refractivity (Wildman–Crippen MR) is 73.1 cm³/mol. The van der Waals surface area contributed by atoms with Crippen LogP contribution >= 0.6 is 15.9 Å². The molecule has 0 radical (unpaired) electrons. The molecule has 19 heavy (non-hydrogen) atoms. The number of nitro benzene ring substituents is 1. The Hall–Kier alpha value is -2.28. The first-order valence-corrected chi connectivity index (χ1v) is 6.00. The molecule has 0 amide bonds. The first-order valence-electron chi connectivity index (χ1n) is 5.21. The highest BCUT2D eigenvalue weighted by Crippen LogP contribution is 2.31. The first-order chi connectivity index (χ1) is 9.06. The fraction of sp³-hybridized carbons (Fsp3) is 0. The lowest BCUT2D eigenvalue weighted by Gasteiger charge is -1.98. The van der Waals surface area contributed by atoms with Gasteiger partial charge in [0.25, 0.3) is 5.69 Å². The molecule has 96 valence electrons. The molecular weight excluding hydrogens is 314 g/mol. The number of hydrogen-bond acceptors (Lipinski definition) is 5. The van der Waals surface area contributed by atoms with Crippen LogP contribution in [0.1, 0.15) is 0 Å². The zero-order chi connectivity index (χ0) is 13.8. The van der Waals surface area contributed by atoms with Gasteiger partial charge in [-0.1, -0.05) is 15.9 Å². The molecule has 7 heteroatoms. The summed E-state index contributed by atoms with van der Waals surface area (Å²) in [5.41, 5.74) is 0.480. The molecule has 0 saturated carbocycles. The number of aromatic hydroxyl groups is 1. The van der Waals surface area contributed by atoms with Gasteiger partial charge in [-0.15, -0.1) is 5.11 Å². The van der Waals surface area contributed by atoms with Crippen molar-refractivity contribution in [2.45, 2.75) is 0 Å². The number of nitrogens with zero attached hydrogens (tertiary/aromatic N) is 3. The van der Waals surface area contributed by atoms with Crippen molar-refractivity contribution in [2.75, 3.05) is 0 Å². The number of phenolic OH excluding ortho intramolecular Hbond substituents is 1. The van der Waals surface area contributed by atoms with E-state index in [0.29, 0.717) is 5.69 Å². The molecule has 0 aliphatic carbocycles. The van der Waals surface area contributed by atoms with Crippen LogP contribution in [0.4, 0.5) is 17.1 Å². The quantitative estimate of drug-likeness (QED) is 0.513. The fourth-order valence-electron chi connectivity index (χ4n) is 1.32. The number of benzene rings is 2. The van der Waals surface area contributed by atoms with Crippen LogP contribution in [0.25, 0.3) is 0 Å². The van der Waals surface area contributed by atoms with Crippen molar-refractivity contribution < 1.29 is 10.0 Å². The number of nitro groups is 1. The average molecular weight is 322 g/mol. The lowest BCUT2D eigenvalue weighted by molar-refractivity contribution is -0.384. The van der Waals surface area contributed by atoms with E-state index < -0.39 is 4.92 Å². The van der Waals surface area contributed by atoms with Gasteiger partial charge in [-0.3, -0.25) is 10.1 Å². The predicted octanol–water partition coefficient (Wildman–Crippen LogP) is 4.48. The maximum atomic E-state index is 10.6. The van der Waals surface area contributed by atoms with Gasteiger partial charge in [0.05, 0.1) is 10.6 Å². The first kappa shape index (κ1) is 13.2. The number of phenols is 1. The summed E-state index contributed by atoms with van der Waals surface area (Å²) in [6, 6.07) is 10.6. The maximum Gasteiger partial charge on any atom is 0.271 e. The Labute approximate surface area is 116 Å². The lowest BCUT2D eigenvalue weighted by Crippen LogP contribution is -1.86. The molecule has 1 N–H and O–H groups in total. The van der Waals surface area contributed by atoms with E-state index >= 15 is 0 Å². The zero-order valence-electron chi connectivity index (χ0n) is 9.52. The molecule has 2 aromatic carbocycles. The van der Waals surface area contributed by atoms with Gasteiger partial charge < -0.3 is 5.11 Å². The van der Waals surface area contributed by atoms with Crippen LogP contribution in [0, 0.1) is 10.1 Å². The van der Waals surface area contributed by atoms with E-state index in [0.717, 1.165) is 10.5 Å². The second kappa shape index (κ2) is 5.57. The summed E-state index contributed by atoms with van der Waals surface area (Å²) in [6.07, 6.45) is 0. The van der Waals surface area contributed by atoms with Crippen molar-refractivity contribution in [1.29, 1.82) is 0 Å². The molecule has 2 aromatic rings. The third-order valence-corrected chi connectivity index (χ3v) is 2.80. The lowest BCUT2D eigenvalue weighted by atomic mass is 10.2. The summed E-state index contributed by atoms with van der Waals surface area (Å²) in [5.74, 6) is -0.161. The van der Waals surface area contributed by atoms with E-state index in [9.17, 15) is 15.2 Å². The average Bonchev–Trinajstić information content (AvgIpc) is 2.39. The number of hydrogen-bond donors (Lipinski definition) is 1. The summed E-state index contributed by atoms with van der Waals surface area (Å²) < 4.78 is 0.907. The largest absolute Gasteiger partial charge is 0.506 e. The molecule has 0 unspecified atom stereocenters. The minimum atomic E-state index is -0.557. The molecule has 0 saturated heterocycles. The molecule has 0 bridgehead atoms. The van der Waals surface area contributed by atoms with Crippen molar-refractivity contribution in [1.82, 2.24) is 0 Å². The minimum absolute atomic E-state index is 0.0529. The molecule has 0 heterocycles. The second-order valence-electron chi connectivity index (χ2n) is 3.61. The third kappa shape index (κ3) is 3.35. The van der Waals surface area contributed by atoms with Crippen molar-refractivity contribution in [2.24, 2.45) is 10.2 Å². The van der Waals surface area contributed by atoms with Gasteiger partial charge in [-0.05, 0) is 30.3 Å². The molecule has 0 fully saturated rings. The van der Waals surface area contributed by atoms with Crippen LogP contribution in [-0.2, 0) is 0 Å². The standard InChI is InChI=1S/C12H8BrN3O3/c13-8-1-3-9(4-2-8)14-15-11-7-10(16(18)19)5-6-12(11)17/h1-7,17H. The Morgan fingerprint density at radius 1 is 1.11 bits per heavy atom. The van der Waals surface area contributed by atoms with E-state index in [2.05, 4.69) is 26.2 Å². The van der Waals surface area contributed by atoms with Crippen LogP contribution < -0.4 is 0 Å². The van der Waals surface area contributed by atoms with Crippen molar-refractivity contribution >= 4 is 33.0 Å².